The Bertz CT molecular complexity index is 632. The van der Waals surface area contributed by atoms with Gasteiger partial charge in [-0.15, -0.1) is 10.2 Å². The van der Waals surface area contributed by atoms with Gasteiger partial charge in [0.15, 0.2) is 0 Å². The third-order valence-electron chi connectivity index (χ3n) is 3.64. The number of hydrogen-bond donors (Lipinski definition) is 0. The molecule has 0 aliphatic carbocycles. The molecule has 118 valence electrons. The van der Waals surface area contributed by atoms with Crippen LogP contribution in [-0.4, -0.2) is 46.5 Å². The van der Waals surface area contributed by atoms with Gasteiger partial charge in [0.25, 0.3) is 0 Å². The van der Waals surface area contributed by atoms with E-state index >= 15 is 0 Å². The van der Waals surface area contributed by atoms with Gasteiger partial charge in [0.05, 0.1) is 12.7 Å². The lowest BCUT2D eigenvalue weighted by Crippen LogP contribution is -2.26. The lowest BCUT2D eigenvalue weighted by molar-refractivity contribution is 0.117. The number of hydrogen-bond acceptors (Lipinski definition) is 8. The van der Waals surface area contributed by atoms with E-state index in [-0.39, 0.29) is 12.1 Å². The molecule has 0 spiro atoms. The summed E-state index contributed by atoms with van der Waals surface area (Å²) in [5, 5.41) is 8.06. The highest BCUT2D eigenvalue weighted by Gasteiger charge is 2.37. The van der Waals surface area contributed by atoms with Crippen molar-refractivity contribution in [3.8, 4) is 5.88 Å². The van der Waals surface area contributed by atoms with Gasteiger partial charge in [0, 0.05) is 33.1 Å². The van der Waals surface area contributed by atoms with Gasteiger partial charge in [-0.25, -0.2) is 9.97 Å². The molecule has 0 radical (unpaired) electrons. The average molecular weight is 305 g/mol. The first-order chi connectivity index (χ1) is 10.7. The quantitative estimate of drug-likeness (QED) is 0.822. The third-order valence-corrected chi connectivity index (χ3v) is 3.64. The zero-order valence-electron chi connectivity index (χ0n) is 12.9. The Morgan fingerprint density at radius 3 is 2.91 bits per heavy atom. The van der Waals surface area contributed by atoms with E-state index in [9.17, 15) is 0 Å². The van der Waals surface area contributed by atoms with Gasteiger partial charge in [0.2, 0.25) is 17.7 Å². The highest BCUT2D eigenvalue weighted by molar-refractivity contribution is 5.44. The summed E-state index contributed by atoms with van der Waals surface area (Å²) in [6, 6.07) is 1.76. The van der Waals surface area contributed by atoms with E-state index in [1.165, 1.54) is 6.33 Å². The molecule has 2 aromatic heterocycles. The molecule has 2 aromatic rings. The zero-order valence-corrected chi connectivity index (χ0v) is 12.9. The number of aryl methyl sites for hydroxylation is 1. The smallest absolute Gasteiger partial charge is 0.238 e. The Balaban J connectivity index is 1.90. The molecule has 0 N–H and O–H groups in total. The molecule has 0 amide bonds. The second-order valence-electron chi connectivity index (χ2n) is 5.07. The van der Waals surface area contributed by atoms with E-state index in [0.29, 0.717) is 30.8 Å². The molecule has 3 rings (SSSR count). The molecule has 0 bridgehead atoms. The van der Waals surface area contributed by atoms with Crippen molar-refractivity contribution in [1.82, 2.24) is 20.2 Å². The van der Waals surface area contributed by atoms with Crippen LogP contribution in [0.25, 0.3) is 0 Å². The average Bonchev–Trinajstić information content (AvgIpc) is 3.13. The van der Waals surface area contributed by atoms with Crippen molar-refractivity contribution in [1.29, 1.82) is 0 Å². The highest BCUT2D eigenvalue weighted by Crippen LogP contribution is 2.36. The summed E-state index contributed by atoms with van der Waals surface area (Å²) >= 11 is 0. The van der Waals surface area contributed by atoms with Gasteiger partial charge in [-0.2, -0.15) is 0 Å². The standard InChI is InChI=1S/C14H19N5O3/c1-4-21-13-6-12(15-8-16-13)19-7-10(20-3)5-11(19)14-18-17-9(2)22-14/h6,8,10-11H,4-5,7H2,1-3H3/t10-,11-/m1/s1. The lowest BCUT2D eigenvalue weighted by atomic mass is 10.2. The van der Waals surface area contributed by atoms with E-state index in [0.717, 1.165) is 12.2 Å². The molecule has 1 aliphatic rings. The number of rotatable bonds is 5. The van der Waals surface area contributed by atoms with Crippen LogP contribution in [0.15, 0.2) is 16.8 Å². The monoisotopic (exact) mass is 305 g/mol. The SMILES string of the molecule is CCOc1cc(N2C[C@H](OC)C[C@@H]2c2nnc(C)o2)ncn1. The third kappa shape index (κ3) is 2.87. The van der Waals surface area contributed by atoms with Crippen LogP contribution in [0.2, 0.25) is 0 Å². The largest absolute Gasteiger partial charge is 0.478 e. The van der Waals surface area contributed by atoms with Crippen LogP contribution in [0.3, 0.4) is 0 Å². The van der Waals surface area contributed by atoms with Gasteiger partial charge in [0.1, 0.15) is 18.2 Å². The molecule has 0 unspecified atom stereocenters. The fraction of sp³-hybridized carbons (Fsp3) is 0.571. The van der Waals surface area contributed by atoms with Crippen molar-refractivity contribution in [3.05, 3.63) is 24.2 Å². The lowest BCUT2D eigenvalue weighted by Gasteiger charge is -2.22. The zero-order chi connectivity index (χ0) is 15.5. The molecular weight excluding hydrogens is 286 g/mol. The molecule has 1 fully saturated rings. The second kappa shape index (κ2) is 6.27. The Hall–Kier alpha value is -2.22. The normalized spacial score (nSPS) is 21.3. The summed E-state index contributed by atoms with van der Waals surface area (Å²) in [5.74, 6) is 2.44. The van der Waals surface area contributed by atoms with Crippen LogP contribution in [0.1, 0.15) is 31.2 Å². The maximum absolute atomic E-state index is 5.60. The van der Waals surface area contributed by atoms with Crippen molar-refractivity contribution in [3.63, 3.8) is 0 Å². The summed E-state index contributed by atoms with van der Waals surface area (Å²) < 4.78 is 16.5. The van der Waals surface area contributed by atoms with E-state index in [1.54, 1.807) is 14.0 Å². The summed E-state index contributed by atoms with van der Waals surface area (Å²) in [6.45, 7) is 4.96. The van der Waals surface area contributed by atoms with Crippen LogP contribution in [0, 0.1) is 6.92 Å². The Labute approximate surface area is 128 Å². The molecule has 22 heavy (non-hydrogen) atoms. The topological polar surface area (TPSA) is 86.4 Å². The van der Waals surface area contributed by atoms with Gasteiger partial charge >= 0.3 is 0 Å². The van der Waals surface area contributed by atoms with Crippen molar-refractivity contribution >= 4 is 5.82 Å². The second-order valence-corrected chi connectivity index (χ2v) is 5.07. The number of nitrogens with zero attached hydrogens (tertiary/aromatic N) is 5. The van der Waals surface area contributed by atoms with E-state index in [1.807, 2.05) is 13.0 Å². The maximum atomic E-state index is 5.60. The van der Waals surface area contributed by atoms with Crippen LogP contribution in [-0.2, 0) is 4.74 Å². The number of anilines is 1. The minimum atomic E-state index is -0.0597. The minimum Gasteiger partial charge on any atom is -0.478 e. The van der Waals surface area contributed by atoms with Crippen LogP contribution >= 0.6 is 0 Å². The molecule has 3 heterocycles. The molecule has 0 saturated carbocycles. The summed E-state index contributed by atoms with van der Waals surface area (Å²) in [4.78, 5) is 10.5. The summed E-state index contributed by atoms with van der Waals surface area (Å²) in [6.07, 6.45) is 2.35. The maximum Gasteiger partial charge on any atom is 0.238 e. The van der Waals surface area contributed by atoms with Crippen LogP contribution in [0.5, 0.6) is 5.88 Å². The summed E-state index contributed by atoms with van der Waals surface area (Å²) in [5.41, 5.74) is 0. The predicted octanol–water partition coefficient (Wildman–Crippen LogP) is 1.53. The van der Waals surface area contributed by atoms with Crippen molar-refractivity contribution in [2.45, 2.75) is 32.4 Å². The molecule has 8 heteroatoms. The first-order valence-electron chi connectivity index (χ1n) is 7.25. The number of aromatic nitrogens is 4. The Morgan fingerprint density at radius 1 is 1.36 bits per heavy atom. The van der Waals surface area contributed by atoms with Crippen molar-refractivity contribution < 1.29 is 13.9 Å². The van der Waals surface area contributed by atoms with E-state index in [2.05, 4.69) is 25.1 Å². The van der Waals surface area contributed by atoms with Gasteiger partial charge in [-0.3, -0.25) is 0 Å². The minimum absolute atomic E-state index is 0.0597. The van der Waals surface area contributed by atoms with Gasteiger partial charge in [-0.1, -0.05) is 0 Å². The Morgan fingerprint density at radius 2 is 2.23 bits per heavy atom. The highest BCUT2D eigenvalue weighted by atomic mass is 16.5. The van der Waals surface area contributed by atoms with Gasteiger partial charge < -0.3 is 18.8 Å². The fourth-order valence-corrected chi connectivity index (χ4v) is 2.62. The predicted molar refractivity (Wildman–Crippen MR) is 77.7 cm³/mol. The molecule has 2 atom stereocenters. The van der Waals surface area contributed by atoms with Crippen LogP contribution < -0.4 is 9.64 Å². The summed E-state index contributed by atoms with van der Waals surface area (Å²) in [7, 11) is 1.70. The van der Waals surface area contributed by atoms with Crippen molar-refractivity contribution in [2.24, 2.45) is 0 Å². The molecule has 1 saturated heterocycles. The van der Waals surface area contributed by atoms with Crippen molar-refractivity contribution in [2.75, 3.05) is 25.2 Å². The first-order valence-corrected chi connectivity index (χ1v) is 7.25. The first kappa shape index (κ1) is 14.7. The van der Waals surface area contributed by atoms with E-state index in [4.69, 9.17) is 13.9 Å². The Kier molecular flexibility index (Phi) is 4.19. The van der Waals surface area contributed by atoms with E-state index < -0.39 is 0 Å². The molecule has 0 aromatic carbocycles. The molecule has 8 nitrogen and oxygen atoms in total. The molecular formula is C14H19N5O3. The number of ether oxygens (including phenoxy) is 2. The van der Waals surface area contributed by atoms with Gasteiger partial charge in [-0.05, 0) is 6.92 Å². The van der Waals surface area contributed by atoms with Crippen LogP contribution in [0.4, 0.5) is 5.82 Å². The fourth-order valence-electron chi connectivity index (χ4n) is 2.62. The number of methoxy groups -OCH3 is 1. The molecule has 1 aliphatic heterocycles.